The van der Waals surface area contributed by atoms with Gasteiger partial charge in [-0.05, 0) is 6.92 Å². The van der Waals surface area contributed by atoms with Gasteiger partial charge in [0.25, 0.3) is 0 Å². The summed E-state index contributed by atoms with van der Waals surface area (Å²) in [5.41, 5.74) is 0. The molecule has 5 nitrogen and oxygen atoms in total. The van der Waals surface area contributed by atoms with Crippen molar-refractivity contribution in [2.24, 2.45) is 0 Å². The first-order valence-electron chi connectivity index (χ1n) is 3.19. The summed E-state index contributed by atoms with van der Waals surface area (Å²) in [7, 11) is 0. The molecule has 0 aliphatic carbocycles. The van der Waals surface area contributed by atoms with Crippen LogP contribution in [-0.2, 0) is 4.74 Å². The molecule has 0 saturated heterocycles. The van der Waals surface area contributed by atoms with Crippen molar-refractivity contribution in [2.45, 2.75) is 6.10 Å². The maximum Gasteiger partial charge on any atom is 0.407 e. The largest absolute Gasteiger partial charge is 0.447 e. The Labute approximate surface area is 65.0 Å². The molecule has 0 aliphatic rings. The van der Waals surface area contributed by atoms with Gasteiger partial charge in [0, 0.05) is 6.54 Å². The number of carbonyl (C=O) groups excluding carboxylic acids is 1. The summed E-state index contributed by atoms with van der Waals surface area (Å²) in [6.07, 6.45) is -1.65. The van der Waals surface area contributed by atoms with Crippen molar-refractivity contribution < 1.29 is 19.7 Å². The van der Waals surface area contributed by atoms with Crippen molar-refractivity contribution in [2.75, 3.05) is 19.8 Å². The van der Waals surface area contributed by atoms with Crippen LogP contribution >= 0.6 is 0 Å². The van der Waals surface area contributed by atoms with Crippen LogP contribution in [0.3, 0.4) is 0 Å². The van der Waals surface area contributed by atoms with E-state index >= 15 is 0 Å². The molecular formula is C6H12NO4. The van der Waals surface area contributed by atoms with Crippen molar-refractivity contribution in [3.63, 3.8) is 0 Å². The van der Waals surface area contributed by atoms with E-state index in [0.29, 0.717) is 0 Å². The van der Waals surface area contributed by atoms with Crippen LogP contribution < -0.4 is 5.32 Å². The van der Waals surface area contributed by atoms with E-state index in [1.807, 2.05) is 0 Å². The Bertz CT molecular complexity index is 117. The van der Waals surface area contributed by atoms with Crippen molar-refractivity contribution in [3.05, 3.63) is 6.92 Å². The molecule has 5 heteroatoms. The van der Waals surface area contributed by atoms with Crippen LogP contribution in [0, 0.1) is 6.92 Å². The standard InChI is InChI=1S/C6H12NO4/c1-2-7-6(10)11-4-5(9)3-8/h5,8-9H,1-4H2,(H,7,10). The lowest BCUT2D eigenvalue weighted by molar-refractivity contribution is 0.0324. The van der Waals surface area contributed by atoms with Crippen LogP contribution in [0.2, 0.25) is 0 Å². The first-order valence-corrected chi connectivity index (χ1v) is 3.19. The topological polar surface area (TPSA) is 78.8 Å². The van der Waals surface area contributed by atoms with Gasteiger partial charge in [-0.15, -0.1) is 0 Å². The van der Waals surface area contributed by atoms with Gasteiger partial charge in [-0.2, -0.15) is 0 Å². The number of nitrogens with one attached hydrogen (secondary N) is 1. The molecule has 0 rings (SSSR count). The highest BCUT2D eigenvalue weighted by molar-refractivity contribution is 5.67. The molecule has 1 unspecified atom stereocenters. The summed E-state index contributed by atoms with van der Waals surface area (Å²) in [6, 6.07) is 0. The van der Waals surface area contributed by atoms with Gasteiger partial charge < -0.3 is 20.3 Å². The van der Waals surface area contributed by atoms with Crippen molar-refractivity contribution in [1.29, 1.82) is 0 Å². The summed E-state index contributed by atoms with van der Waals surface area (Å²) >= 11 is 0. The minimum Gasteiger partial charge on any atom is -0.447 e. The molecule has 65 valence electrons. The fraction of sp³-hybridized carbons (Fsp3) is 0.667. The molecule has 3 N–H and O–H groups in total. The van der Waals surface area contributed by atoms with E-state index in [2.05, 4.69) is 17.0 Å². The van der Waals surface area contributed by atoms with E-state index < -0.39 is 18.8 Å². The molecule has 0 fully saturated rings. The molecule has 0 heterocycles. The van der Waals surface area contributed by atoms with E-state index in [1.54, 1.807) is 0 Å². The molecular weight excluding hydrogens is 150 g/mol. The monoisotopic (exact) mass is 162 g/mol. The maximum absolute atomic E-state index is 10.5. The lowest BCUT2D eigenvalue weighted by Gasteiger charge is -2.07. The molecule has 0 aromatic heterocycles. The van der Waals surface area contributed by atoms with Gasteiger partial charge in [-0.1, -0.05) is 0 Å². The first-order chi connectivity index (χ1) is 5.20. The number of hydrogen-bond donors (Lipinski definition) is 3. The third-order valence-electron chi connectivity index (χ3n) is 0.887. The van der Waals surface area contributed by atoms with Crippen LogP contribution in [0.25, 0.3) is 0 Å². The van der Waals surface area contributed by atoms with Crippen LogP contribution in [0.5, 0.6) is 0 Å². The van der Waals surface area contributed by atoms with Crippen LogP contribution in [-0.4, -0.2) is 42.2 Å². The minimum absolute atomic E-state index is 0.206. The normalized spacial score (nSPS) is 12.3. The van der Waals surface area contributed by atoms with Crippen molar-refractivity contribution >= 4 is 6.09 Å². The smallest absolute Gasteiger partial charge is 0.407 e. The quantitative estimate of drug-likeness (QED) is 0.490. The summed E-state index contributed by atoms with van der Waals surface area (Å²) in [4.78, 5) is 10.5. The van der Waals surface area contributed by atoms with E-state index in [-0.39, 0.29) is 13.2 Å². The number of amides is 1. The molecule has 0 saturated carbocycles. The zero-order chi connectivity index (χ0) is 8.69. The fourth-order valence-corrected chi connectivity index (χ4v) is 0.378. The molecule has 0 spiro atoms. The fourth-order valence-electron chi connectivity index (χ4n) is 0.378. The maximum atomic E-state index is 10.5. The van der Waals surface area contributed by atoms with Gasteiger partial charge in [0.2, 0.25) is 0 Å². The van der Waals surface area contributed by atoms with E-state index in [4.69, 9.17) is 10.2 Å². The third kappa shape index (κ3) is 5.63. The predicted molar refractivity (Wildman–Crippen MR) is 37.8 cm³/mol. The van der Waals surface area contributed by atoms with Gasteiger partial charge in [0.1, 0.15) is 12.7 Å². The molecule has 0 aromatic rings. The van der Waals surface area contributed by atoms with E-state index in [9.17, 15) is 4.79 Å². The number of ether oxygens (including phenoxy) is 1. The van der Waals surface area contributed by atoms with Gasteiger partial charge in [0.05, 0.1) is 6.61 Å². The summed E-state index contributed by atoms with van der Waals surface area (Å²) in [5, 5.41) is 19.3. The molecule has 11 heavy (non-hydrogen) atoms. The Kier molecular flexibility index (Phi) is 5.50. The molecule has 0 bridgehead atoms. The second-order valence-corrected chi connectivity index (χ2v) is 1.86. The lowest BCUT2D eigenvalue weighted by Crippen LogP contribution is -2.29. The third-order valence-corrected chi connectivity index (χ3v) is 0.887. The number of aliphatic hydroxyl groups is 2. The van der Waals surface area contributed by atoms with Crippen molar-refractivity contribution in [3.8, 4) is 0 Å². The highest BCUT2D eigenvalue weighted by Crippen LogP contribution is 1.83. The zero-order valence-corrected chi connectivity index (χ0v) is 6.12. The summed E-state index contributed by atoms with van der Waals surface area (Å²) < 4.78 is 4.44. The minimum atomic E-state index is -1.01. The van der Waals surface area contributed by atoms with E-state index in [1.165, 1.54) is 0 Å². The lowest BCUT2D eigenvalue weighted by atomic mass is 10.4. The van der Waals surface area contributed by atoms with E-state index in [0.717, 1.165) is 0 Å². The molecule has 0 aliphatic heterocycles. The van der Waals surface area contributed by atoms with Gasteiger partial charge in [0.15, 0.2) is 0 Å². The number of alkyl carbamates (subject to hydrolysis) is 1. The second kappa shape index (κ2) is 5.94. The molecule has 1 atom stereocenters. The highest BCUT2D eigenvalue weighted by atomic mass is 16.6. The number of carbonyl (C=O) groups is 1. The average Bonchev–Trinajstić information content (AvgIpc) is 2.01. The first kappa shape index (κ1) is 10.2. The Morgan fingerprint density at radius 2 is 2.36 bits per heavy atom. The number of hydrogen-bond acceptors (Lipinski definition) is 4. The number of aliphatic hydroxyl groups excluding tert-OH is 2. The Hall–Kier alpha value is -0.810. The predicted octanol–water partition coefficient (Wildman–Crippen LogP) is -1.10. The molecule has 1 radical (unpaired) electrons. The molecule has 1 amide bonds. The second-order valence-electron chi connectivity index (χ2n) is 1.86. The van der Waals surface area contributed by atoms with Gasteiger partial charge >= 0.3 is 6.09 Å². The Morgan fingerprint density at radius 1 is 1.73 bits per heavy atom. The Balaban J connectivity index is 3.30. The van der Waals surface area contributed by atoms with Crippen molar-refractivity contribution in [1.82, 2.24) is 5.32 Å². The Morgan fingerprint density at radius 3 is 2.82 bits per heavy atom. The highest BCUT2D eigenvalue weighted by Gasteiger charge is 2.05. The van der Waals surface area contributed by atoms with Gasteiger partial charge in [-0.25, -0.2) is 4.79 Å². The summed E-state index contributed by atoms with van der Waals surface area (Å²) in [5.74, 6) is 0. The van der Waals surface area contributed by atoms with Crippen LogP contribution in [0.4, 0.5) is 4.79 Å². The van der Waals surface area contributed by atoms with Crippen LogP contribution in [0.1, 0.15) is 0 Å². The van der Waals surface area contributed by atoms with Gasteiger partial charge in [-0.3, -0.25) is 0 Å². The molecule has 0 aromatic carbocycles. The van der Waals surface area contributed by atoms with Crippen LogP contribution in [0.15, 0.2) is 0 Å². The zero-order valence-electron chi connectivity index (χ0n) is 6.12. The number of rotatable bonds is 4. The summed E-state index contributed by atoms with van der Waals surface area (Å²) in [6.45, 7) is 2.95. The average molecular weight is 162 g/mol. The SMILES string of the molecule is [CH2]CNC(=O)OCC(O)CO.